The summed E-state index contributed by atoms with van der Waals surface area (Å²) in [6, 6.07) is 11.3. The molecule has 2 nitrogen and oxygen atoms in total. The molecule has 0 radical (unpaired) electrons. The van der Waals surface area contributed by atoms with Crippen LogP contribution in [0.3, 0.4) is 0 Å². The Hall–Kier alpha value is -2.36. The quantitative estimate of drug-likeness (QED) is 0.651. The molecule has 0 aliphatic carbocycles. The van der Waals surface area contributed by atoms with Gasteiger partial charge in [-0.2, -0.15) is 0 Å². The van der Waals surface area contributed by atoms with Crippen molar-refractivity contribution in [2.75, 3.05) is 0 Å². The first kappa shape index (κ1) is 10.8. The van der Waals surface area contributed by atoms with Crippen molar-refractivity contribution in [1.29, 1.82) is 0 Å². The number of fused-ring (bicyclic) bond motifs is 1. The Morgan fingerprint density at radius 1 is 0.833 bits per heavy atom. The molecule has 0 aliphatic heterocycles. The van der Waals surface area contributed by atoms with Crippen LogP contribution in [0.5, 0.6) is 0 Å². The molecule has 0 saturated carbocycles. The summed E-state index contributed by atoms with van der Waals surface area (Å²) in [5.74, 6) is -1.77. The molecule has 3 aromatic rings. The third-order valence-corrected chi connectivity index (χ3v) is 2.75. The number of rotatable bonds is 1. The van der Waals surface area contributed by atoms with Crippen molar-refractivity contribution in [3.63, 3.8) is 0 Å². The van der Waals surface area contributed by atoms with Gasteiger partial charge in [-0.1, -0.05) is 24.3 Å². The molecule has 0 N–H and O–H groups in total. The summed E-state index contributed by atoms with van der Waals surface area (Å²) in [6.07, 6.45) is 1.35. The summed E-state index contributed by atoms with van der Waals surface area (Å²) in [5.41, 5.74) is 1.25. The van der Waals surface area contributed by atoms with Crippen molar-refractivity contribution >= 4 is 10.9 Å². The molecule has 0 bridgehead atoms. The average Bonchev–Trinajstić information content (AvgIpc) is 2.41. The molecule has 0 unspecified atom stereocenters. The number of benzene rings is 2. The Bertz CT molecular complexity index is 721. The molecule has 0 saturated heterocycles. The van der Waals surface area contributed by atoms with E-state index < -0.39 is 11.6 Å². The third-order valence-electron chi connectivity index (χ3n) is 2.75. The molecule has 0 fully saturated rings. The van der Waals surface area contributed by atoms with Crippen molar-refractivity contribution < 1.29 is 8.78 Å². The lowest BCUT2D eigenvalue weighted by Gasteiger charge is -2.06. The van der Waals surface area contributed by atoms with Gasteiger partial charge in [-0.3, -0.25) is 0 Å². The van der Waals surface area contributed by atoms with Gasteiger partial charge in [-0.15, -0.1) is 0 Å². The third kappa shape index (κ3) is 1.62. The number of hydrogen-bond acceptors (Lipinski definition) is 2. The van der Waals surface area contributed by atoms with Gasteiger partial charge in [-0.25, -0.2) is 18.7 Å². The van der Waals surface area contributed by atoms with Crippen molar-refractivity contribution in [3.8, 4) is 11.3 Å². The lowest BCUT2D eigenvalue weighted by Crippen LogP contribution is -1.93. The van der Waals surface area contributed by atoms with Crippen LogP contribution < -0.4 is 0 Å². The summed E-state index contributed by atoms with van der Waals surface area (Å²) in [7, 11) is 0. The van der Waals surface area contributed by atoms with Crippen LogP contribution in [0.2, 0.25) is 0 Å². The highest BCUT2D eigenvalue weighted by atomic mass is 19.2. The zero-order valence-corrected chi connectivity index (χ0v) is 9.27. The smallest absolute Gasteiger partial charge is 0.168 e. The Kier molecular flexibility index (Phi) is 2.48. The maximum atomic E-state index is 13.8. The molecular formula is C14H8F2N2. The van der Waals surface area contributed by atoms with E-state index in [4.69, 9.17) is 0 Å². The second kappa shape index (κ2) is 4.14. The van der Waals surface area contributed by atoms with Gasteiger partial charge in [0.15, 0.2) is 11.6 Å². The first-order chi connectivity index (χ1) is 8.77. The van der Waals surface area contributed by atoms with Gasteiger partial charge in [-0.05, 0) is 18.2 Å². The fourth-order valence-corrected chi connectivity index (χ4v) is 1.91. The summed E-state index contributed by atoms with van der Waals surface area (Å²) in [4.78, 5) is 8.15. The van der Waals surface area contributed by atoms with Crippen LogP contribution in [0.15, 0.2) is 48.8 Å². The topological polar surface area (TPSA) is 25.8 Å². The summed E-state index contributed by atoms with van der Waals surface area (Å²) < 4.78 is 27.0. The van der Waals surface area contributed by atoms with E-state index in [0.717, 1.165) is 6.07 Å². The lowest BCUT2D eigenvalue weighted by molar-refractivity contribution is 0.511. The second-order valence-electron chi connectivity index (χ2n) is 3.84. The van der Waals surface area contributed by atoms with Gasteiger partial charge in [0.25, 0.3) is 0 Å². The molecule has 2 aromatic carbocycles. The van der Waals surface area contributed by atoms with Crippen molar-refractivity contribution in [1.82, 2.24) is 9.97 Å². The summed E-state index contributed by atoms with van der Waals surface area (Å²) >= 11 is 0. The summed E-state index contributed by atoms with van der Waals surface area (Å²) in [6.45, 7) is 0. The largest absolute Gasteiger partial charge is 0.236 e. The van der Waals surface area contributed by atoms with E-state index in [1.54, 1.807) is 12.1 Å². The standard InChI is InChI=1S/C14H8F2N2/c15-11-6-3-5-10(13(11)16)14-9-4-1-2-7-12(9)17-8-18-14/h1-8H. The van der Waals surface area contributed by atoms with Gasteiger partial charge in [0.1, 0.15) is 6.33 Å². The van der Waals surface area contributed by atoms with Crippen LogP contribution in [0.4, 0.5) is 8.78 Å². The molecule has 1 heterocycles. The van der Waals surface area contributed by atoms with E-state index in [1.807, 2.05) is 12.1 Å². The lowest BCUT2D eigenvalue weighted by atomic mass is 10.1. The second-order valence-corrected chi connectivity index (χ2v) is 3.84. The number of para-hydroxylation sites is 1. The molecule has 1 aromatic heterocycles. The van der Waals surface area contributed by atoms with E-state index in [2.05, 4.69) is 9.97 Å². The number of halogens is 2. The number of nitrogens with zero attached hydrogens (tertiary/aromatic N) is 2. The molecule has 4 heteroatoms. The highest BCUT2D eigenvalue weighted by Crippen LogP contribution is 2.28. The fourth-order valence-electron chi connectivity index (χ4n) is 1.91. The SMILES string of the molecule is Fc1cccc(-c2ncnc3ccccc23)c1F. The van der Waals surface area contributed by atoms with Gasteiger partial charge in [0, 0.05) is 10.9 Å². The molecule has 0 atom stereocenters. The van der Waals surface area contributed by atoms with Crippen LogP contribution in [0.25, 0.3) is 22.2 Å². The first-order valence-electron chi connectivity index (χ1n) is 5.41. The maximum Gasteiger partial charge on any atom is 0.168 e. The normalized spacial score (nSPS) is 10.8. The van der Waals surface area contributed by atoms with Crippen molar-refractivity contribution in [2.45, 2.75) is 0 Å². The average molecular weight is 242 g/mol. The van der Waals surface area contributed by atoms with Crippen LogP contribution in [-0.2, 0) is 0 Å². The maximum absolute atomic E-state index is 13.8. The Morgan fingerprint density at radius 2 is 1.67 bits per heavy atom. The van der Waals surface area contributed by atoms with E-state index in [0.29, 0.717) is 16.6 Å². The number of aromatic nitrogens is 2. The zero-order chi connectivity index (χ0) is 12.5. The van der Waals surface area contributed by atoms with E-state index in [9.17, 15) is 8.78 Å². The van der Waals surface area contributed by atoms with E-state index in [1.165, 1.54) is 18.5 Å². The predicted octanol–water partition coefficient (Wildman–Crippen LogP) is 3.58. The van der Waals surface area contributed by atoms with Gasteiger partial charge in [0.05, 0.1) is 11.2 Å². The minimum Gasteiger partial charge on any atom is -0.236 e. The highest BCUT2D eigenvalue weighted by molar-refractivity contribution is 5.91. The van der Waals surface area contributed by atoms with E-state index in [-0.39, 0.29) is 5.56 Å². The van der Waals surface area contributed by atoms with Crippen LogP contribution >= 0.6 is 0 Å². The van der Waals surface area contributed by atoms with Gasteiger partial charge in [0.2, 0.25) is 0 Å². The van der Waals surface area contributed by atoms with Crippen LogP contribution in [0, 0.1) is 11.6 Å². The molecule has 0 spiro atoms. The molecule has 0 aliphatic rings. The molecule has 3 rings (SSSR count). The molecule has 18 heavy (non-hydrogen) atoms. The Balaban J connectivity index is 2.35. The van der Waals surface area contributed by atoms with E-state index >= 15 is 0 Å². The van der Waals surface area contributed by atoms with Crippen LogP contribution in [0.1, 0.15) is 0 Å². The highest BCUT2D eigenvalue weighted by Gasteiger charge is 2.13. The summed E-state index contributed by atoms with van der Waals surface area (Å²) in [5, 5.41) is 0.699. The first-order valence-corrected chi connectivity index (χ1v) is 5.41. The van der Waals surface area contributed by atoms with Crippen molar-refractivity contribution in [3.05, 3.63) is 60.4 Å². The molecular weight excluding hydrogens is 234 g/mol. The predicted molar refractivity (Wildman–Crippen MR) is 64.9 cm³/mol. The molecule has 0 amide bonds. The van der Waals surface area contributed by atoms with Crippen molar-refractivity contribution in [2.24, 2.45) is 0 Å². The minimum absolute atomic E-state index is 0.147. The number of hydrogen-bond donors (Lipinski definition) is 0. The van der Waals surface area contributed by atoms with Gasteiger partial charge < -0.3 is 0 Å². The monoisotopic (exact) mass is 242 g/mol. The van der Waals surface area contributed by atoms with Gasteiger partial charge >= 0.3 is 0 Å². The Labute approximate surface area is 102 Å². The minimum atomic E-state index is -0.888. The van der Waals surface area contributed by atoms with Crippen LogP contribution in [-0.4, -0.2) is 9.97 Å². The fraction of sp³-hybridized carbons (Fsp3) is 0. The molecule has 88 valence electrons. The Morgan fingerprint density at radius 3 is 2.56 bits per heavy atom. The zero-order valence-electron chi connectivity index (χ0n) is 9.27.